The van der Waals surface area contributed by atoms with Gasteiger partial charge >= 0.3 is 0 Å². The summed E-state index contributed by atoms with van der Waals surface area (Å²) < 4.78 is 0.903. The lowest BCUT2D eigenvalue weighted by atomic mass is 10.1. The normalized spacial score (nSPS) is 12.9. The van der Waals surface area contributed by atoms with E-state index < -0.39 is 14.8 Å². The van der Waals surface area contributed by atoms with Crippen molar-refractivity contribution in [2.75, 3.05) is 28.5 Å². The van der Waals surface area contributed by atoms with E-state index in [1.54, 1.807) is 18.2 Å². The number of para-hydroxylation sites is 1. The van der Waals surface area contributed by atoms with Crippen molar-refractivity contribution in [3.63, 3.8) is 0 Å². The molecule has 5 N–H and O–H groups in total. The van der Waals surface area contributed by atoms with Crippen LogP contribution in [0.5, 0.6) is 5.88 Å². The van der Waals surface area contributed by atoms with Gasteiger partial charge in [-0.05, 0) is 47.9 Å². The Hall–Kier alpha value is -6.73. The molecule has 0 unspecified atom stereocenters. The summed E-state index contributed by atoms with van der Waals surface area (Å²) in [6.07, 6.45) is 4.11. The van der Waals surface area contributed by atoms with Crippen LogP contribution >= 0.6 is 23.5 Å². The number of aromatic nitrogens is 1. The number of nitro benzene ring substituents is 3. The molecular weight excluding hydrogens is 765 g/mol. The molecule has 3 aliphatic heterocycles. The largest absolute Gasteiger partial charge is 0.494 e. The fourth-order valence-corrected chi connectivity index (χ4v) is 7.34. The summed E-state index contributed by atoms with van der Waals surface area (Å²) in [7, 11) is 0. The minimum absolute atomic E-state index is 0. The van der Waals surface area contributed by atoms with E-state index in [4.69, 9.17) is 0 Å². The standard InChI is InChI=1S/C16H12N4O3.C11H10N2O3S2.C8H6N2O3.2CH4/c21-16-14(11-6-5-10(20(22)23)7-13(11)19-16)15-17-8-9-3-1-2-4-12(9)18-15;1-17-11(18-2)9-7-4-3-6(13(15)16)5-8(7)12-10(9)14;11-8-3-5-1-2-6(10(12)13)4-7(5)9-8;;/h1-7,19,21H,8H2,(H,17,18);3-5H,1-2H3,(H,12,14);1-2,4H,3H2,(H,9,11);2*1H4. The molecule has 56 heavy (non-hydrogen) atoms. The first kappa shape index (κ1) is 42.0. The lowest BCUT2D eigenvalue weighted by Gasteiger charge is -2.18. The van der Waals surface area contributed by atoms with Gasteiger partial charge in [0.25, 0.3) is 23.0 Å². The van der Waals surface area contributed by atoms with E-state index in [1.165, 1.54) is 59.9 Å². The number of nitrogens with one attached hydrogen (secondary N) is 4. The molecule has 8 rings (SSSR count). The predicted molar refractivity (Wildman–Crippen MR) is 221 cm³/mol. The minimum atomic E-state index is -0.481. The third-order valence-corrected chi connectivity index (χ3v) is 10.5. The number of hydrogen-bond acceptors (Lipinski definition) is 13. The second kappa shape index (κ2) is 17.6. The third kappa shape index (κ3) is 8.63. The molecule has 0 bridgehead atoms. The number of carbonyl (C=O) groups is 2. The first-order valence-electron chi connectivity index (χ1n) is 15.8. The number of aromatic hydroxyl groups is 1. The molecule has 290 valence electrons. The molecular formula is C37H36N8O9S2. The fraction of sp³-hybridized carbons (Fsp3) is 0.162. The van der Waals surface area contributed by atoms with Crippen LogP contribution in [0.4, 0.5) is 34.1 Å². The number of amidine groups is 1. The molecule has 1 aromatic heterocycles. The Balaban J connectivity index is 0.000000190. The number of nitrogens with zero attached hydrogens (tertiary/aromatic N) is 4. The maximum atomic E-state index is 11.9. The van der Waals surface area contributed by atoms with E-state index in [0.29, 0.717) is 52.2 Å². The molecule has 3 aliphatic rings. The summed E-state index contributed by atoms with van der Waals surface area (Å²) in [6.45, 7) is 0.512. The van der Waals surface area contributed by atoms with Crippen molar-refractivity contribution in [1.29, 1.82) is 0 Å². The zero-order valence-corrected chi connectivity index (χ0v) is 29.9. The van der Waals surface area contributed by atoms with Gasteiger partial charge < -0.3 is 26.0 Å². The number of benzene rings is 4. The van der Waals surface area contributed by atoms with Crippen LogP contribution in [0.2, 0.25) is 0 Å². The van der Waals surface area contributed by atoms with E-state index >= 15 is 0 Å². The van der Waals surface area contributed by atoms with Crippen LogP contribution < -0.4 is 16.0 Å². The Bertz CT molecular complexity index is 2460. The van der Waals surface area contributed by atoms with Crippen LogP contribution in [0.15, 0.2) is 88.1 Å². The van der Waals surface area contributed by atoms with Crippen molar-refractivity contribution in [2.24, 2.45) is 4.99 Å². The quantitative estimate of drug-likeness (QED) is 0.0616. The molecule has 4 heterocycles. The SMILES string of the molecule is C.C.CSC(SC)=C1C(=O)Nc2cc([N+](=O)[O-])ccc21.O=C1Cc2ccc([N+](=O)[O-])cc2N1.O=[N+]([O-])c1ccc2c(C3=NCc4ccccc4N3)c(O)[nH]c2c1. The number of non-ortho nitro benzene ring substituents is 3. The van der Waals surface area contributed by atoms with Crippen LogP contribution in [-0.4, -0.2) is 55.0 Å². The van der Waals surface area contributed by atoms with E-state index in [1.807, 2.05) is 36.8 Å². The molecule has 19 heteroatoms. The van der Waals surface area contributed by atoms with Crippen molar-refractivity contribution in [1.82, 2.24) is 4.98 Å². The van der Waals surface area contributed by atoms with E-state index in [0.717, 1.165) is 26.6 Å². The van der Waals surface area contributed by atoms with Crippen LogP contribution in [-0.2, 0) is 22.6 Å². The zero-order valence-electron chi connectivity index (χ0n) is 28.2. The van der Waals surface area contributed by atoms with E-state index in [-0.39, 0.29) is 49.6 Å². The highest BCUT2D eigenvalue weighted by Gasteiger charge is 2.29. The highest BCUT2D eigenvalue weighted by molar-refractivity contribution is 8.22. The molecule has 0 aliphatic carbocycles. The van der Waals surface area contributed by atoms with Gasteiger partial charge in [0.05, 0.1) is 60.0 Å². The summed E-state index contributed by atoms with van der Waals surface area (Å²) in [5.74, 6) is 0.159. The van der Waals surface area contributed by atoms with Gasteiger partial charge in [0.15, 0.2) is 0 Å². The number of aromatic amines is 1. The number of carbonyl (C=O) groups excluding carboxylic acids is 2. The molecule has 17 nitrogen and oxygen atoms in total. The van der Waals surface area contributed by atoms with Gasteiger partial charge in [-0.2, -0.15) is 0 Å². The summed E-state index contributed by atoms with van der Waals surface area (Å²) in [6, 6.07) is 21.0. The van der Waals surface area contributed by atoms with Crippen molar-refractivity contribution in [3.8, 4) is 5.88 Å². The van der Waals surface area contributed by atoms with Gasteiger partial charge in [0.2, 0.25) is 11.8 Å². The number of anilines is 3. The molecule has 0 atom stereocenters. The molecule has 0 spiro atoms. The van der Waals surface area contributed by atoms with E-state index in [2.05, 4.69) is 25.9 Å². The maximum absolute atomic E-state index is 11.9. The minimum Gasteiger partial charge on any atom is -0.494 e. The second-order valence-electron chi connectivity index (χ2n) is 11.6. The highest BCUT2D eigenvalue weighted by Crippen LogP contribution is 2.41. The molecule has 0 radical (unpaired) electrons. The first-order valence-corrected chi connectivity index (χ1v) is 18.2. The Morgan fingerprint density at radius 1 is 0.732 bits per heavy atom. The van der Waals surface area contributed by atoms with Gasteiger partial charge in [-0.1, -0.05) is 33.1 Å². The number of nitro groups is 3. The number of fused-ring (bicyclic) bond motifs is 4. The fourth-order valence-electron chi connectivity index (χ4n) is 5.86. The molecule has 0 saturated heterocycles. The number of aliphatic imine (C=N–C) groups is 1. The molecule has 4 aromatic carbocycles. The van der Waals surface area contributed by atoms with Crippen LogP contribution in [0, 0.1) is 30.3 Å². The van der Waals surface area contributed by atoms with Crippen molar-refractivity contribution < 1.29 is 29.5 Å². The number of thioether (sulfide) groups is 2. The van der Waals surface area contributed by atoms with E-state index in [9.17, 15) is 45.0 Å². The Kier molecular flexibility index (Phi) is 13.2. The monoisotopic (exact) mass is 800 g/mol. The molecule has 0 fully saturated rings. The average Bonchev–Trinajstić information content (AvgIpc) is 3.81. The van der Waals surface area contributed by atoms with Gasteiger partial charge in [-0.3, -0.25) is 44.9 Å². The molecule has 2 amide bonds. The number of H-pyrrole nitrogens is 1. The van der Waals surface area contributed by atoms with Gasteiger partial charge in [-0.15, -0.1) is 23.5 Å². The topological polar surface area (TPSA) is 248 Å². The van der Waals surface area contributed by atoms with Crippen molar-refractivity contribution >= 4 is 91.8 Å². The van der Waals surface area contributed by atoms with Crippen LogP contribution in [0.1, 0.15) is 37.1 Å². The van der Waals surface area contributed by atoms with Crippen molar-refractivity contribution in [2.45, 2.75) is 27.8 Å². The Labute approximate surface area is 328 Å². The van der Waals surface area contributed by atoms with Gasteiger partial charge in [-0.25, -0.2) is 0 Å². The zero-order chi connectivity index (χ0) is 38.7. The number of hydrogen-bond donors (Lipinski definition) is 5. The Morgan fingerprint density at radius 2 is 1.34 bits per heavy atom. The average molecular weight is 801 g/mol. The third-order valence-electron chi connectivity index (χ3n) is 8.35. The molecule has 5 aromatic rings. The van der Waals surface area contributed by atoms with Gasteiger partial charge in [0.1, 0.15) is 5.84 Å². The maximum Gasteiger partial charge on any atom is 0.271 e. The summed E-state index contributed by atoms with van der Waals surface area (Å²) >= 11 is 2.99. The number of amides is 2. The van der Waals surface area contributed by atoms with Crippen molar-refractivity contribution in [3.05, 3.63) is 136 Å². The lowest BCUT2D eigenvalue weighted by Crippen LogP contribution is -2.18. The lowest BCUT2D eigenvalue weighted by molar-refractivity contribution is -0.385. The summed E-state index contributed by atoms with van der Waals surface area (Å²) in [5.41, 5.74) is 6.17. The summed E-state index contributed by atoms with van der Waals surface area (Å²) in [4.78, 5) is 60.6. The first-order chi connectivity index (χ1) is 25.9. The van der Waals surface area contributed by atoms with Crippen LogP contribution in [0.25, 0.3) is 16.5 Å². The van der Waals surface area contributed by atoms with Crippen LogP contribution in [0.3, 0.4) is 0 Å². The summed E-state index contributed by atoms with van der Waals surface area (Å²) in [5, 5.41) is 51.2. The smallest absolute Gasteiger partial charge is 0.271 e. The molecule has 0 saturated carbocycles. The number of rotatable bonds is 6. The van der Waals surface area contributed by atoms with Gasteiger partial charge in [0, 0.05) is 53.0 Å². The highest BCUT2D eigenvalue weighted by atomic mass is 32.2. The second-order valence-corrected chi connectivity index (χ2v) is 13.5. The Morgan fingerprint density at radius 3 is 2.00 bits per heavy atom. The predicted octanol–water partition coefficient (Wildman–Crippen LogP) is 8.46.